The number of rotatable bonds is 7. The highest BCUT2D eigenvalue weighted by atomic mass is 16.5. The summed E-state index contributed by atoms with van der Waals surface area (Å²) in [5, 5.41) is 13.6. The molecule has 3 heteroatoms. The zero-order valence-electron chi connectivity index (χ0n) is 13.6. The highest BCUT2D eigenvalue weighted by Gasteiger charge is 2.19. The summed E-state index contributed by atoms with van der Waals surface area (Å²) in [5.41, 5.74) is 0. The molecule has 3 nitrogen and oxygen atoms in total. The molecular formula is C18H33NO2. The van der Waals surface area contributed by atoms with Gasteiger partial charge in [0.2, 0.25) is 0 Å². The Kier molecular flexibility index (Phi) is 7.76. The molecule has 2 rings (SSSR count). The van der Waals surface area contributed by atoms with Crippen LogP contribution in [-0.2, 0) is 4.74 Å². The van der Waals surface area contributed by atoms with Gasteiger partial charge >= 0.3 is 0 Å². The van der Waals surface area contributed by atoms with Gasteiger partial charge in [-0.2, -0.15) is 0 Å². The summed E-state index contributed by atoms with van der Waals surface area (Å²) >= 11 is 0. The van der Waals surface area contributed by atoms with Gasteiger partial charge in [0.1, 0.15) is 0 Å². The number of ether oxygens (including phenoxy) is 1. The minimum absolute atomic E-state index is 0.373. The lowest BCUT2D eigenvalue weighted by atomic mass is 9.85. The van der Waals surface area contributed by atoms with Crippen LogP contribution in [0.25, 0.3) is 0 Å². The Balaban J connectivity index is 1.54. The topological polar surface area (TPSA) is 41.5 Å². The van der Waals surface area contributed by atoms with Crippen LogP contribution in [0.1, 0.15) is 58.3 Å². The Labute approximate surface area is 130 Å². The van der Waals surface area contributed by atoms with Gasteiger partial charge in [-0.05, 0) is 37.5 Å². The third-order valence-corrected chi connectivity index (χ3v) is 5.06. The van der Waals surface area contributed by atoms with E-state index in [4.69, 9.17) is 4.74 Å². The first-order chi connectivity index (χ1) is 10.3. The zero-order chi connectivity index (χ0) is 14.9. The number of aliphatic hydroxyl groups excluding tert-OH is 1. The molecule has 3 atom stereocenters. The van der Waals surface area contributed by atoms with Crippen LogP contribution in [0.4, 0.5) is 0 Å². The predicted octanol–water partition coefficient (Wildman–Crippen LogP) is 3.28. The quantitative estimate of drug-likeness (QED) is 0.559. The van der Waals surface area contributed by atoms with Crippen molar-refractivity contribution < 1.29 is 9.84 Å². The molecule has 0 aromatic heterocycles. The van der Waals surface area contributed by atoms with Crippen molar-refractivity contribution in [2.24, 2.45) is 11.8 Å². The van der Waals surface area contributed by atoms with E-state index in [-0.39, 0.29) is 6.10 Å². The zero-order valence-corrected chi connectivity index (χ0v) is 13.6. The second kappa shape index (κ2) is 9.60. The summed E-state index contributed by atoms with van der Waals surface area (Å²) in [7, 11) is 0. The molecule has 122 valence electrons. The molecule has 3 unspecified atom stereocenters. The molecule has 0 heterocycles. The molecule has 0 radical (unpaired) electrons. The van der Waals surface area contributed by atoms with Crippen molar-refractivity contribution in [1.29, 1.82) is 0 Å². The van der Waals surface area contributed by atoms with E-state index >= 15 is 0 Å². The molecule has 0 spiro atoms. The summed E-state index contributed by atoms with van der Waals surface area (Å²) in [4.78, 5) is 0. The minimum Gasteiger partial charge on any atom is -0.389 e. The van der Waals surface area contributed by atoms with E-state index in [0.717, 1.165) is 13.0 Å². The average Bonchev–Trinajstić information content (AvgIpc) is 2.76. The van der Waals surface area contributed by atoms with Gasteiger partial charge in [0.05, 0.1) is 19.3 Å². The third kappa shape index (κ3) is 6.50. The number of hydrogen-bond donors (Lipinski definition) is 2. The van der Waals surface area contributed by atoms with Gasteiger partial charge in [-0.15, -0.1) is 0 Å². The Morgan fingerprint density at radius 3 is 2.57 bits per heavy atom. The van der Waals surface area contributed by atoms with Crippen molar-refractivity contribution in [3.8, 4) is 0 Å². The van der Waals surface area contributed by atoms with Crippen molar-refractivity contribution in [3.63, 3.8) is 0 Å². The molecule has 0 aromatic rings. The summed E-state index contributed by atoms with van der Waals surface area (Å²) in [6.07, 6.45) is 14.4. The molecule has 0 amide bonds. The molecular weight excluding hydrogens is 262 g/mol. The van der Waals surface area contributed by atoms with Crippen LogP contribution in [0.2, 0.25) is 0 Å². The van der Waals surface area contributed by atoms with Crippen molar-refractivity contribution in [2.45, 2.75) is 70.4 Å². The Morgan fingerprint density at radius 2 is 1.86 bits per heavy atom. The second-order valence-electron chi connectivity index (χ2n) is 6.97. The highest BCUT2D eigenvalue weighted by molar-refractivity contribution is 4.93. The van der Waals surface area contributed by atoms with Crippen LogP contribution in [0.5, 0.6) is 0 Å². The Hall–Kier alpha value is -0.380. The van der Waals surface area contributed by atoms with Crippen LogP contribution in [0.3, 0.4) is 0 Å². The van der Waals surface area contributed by atoms with Crippen molar-refractivity contribution in [2.75, 3.05) is 19.8 Å². The van der Waals surface area contributed by atoms with Gasteiger partial charge in [-0.3, -0.25) is 0 Å². The molecule has 0 aromatic carbocycles. The van der Waals surface area contributed by atoms with E-state index in [1.807, 2.05) is 0 Å². The summed E-state index contributed by atoms with van der Waals surface area (Å²) < 4.78 is 5.75. The lowest BCUT2D eigenvalue weighted by Gasteiger charge is -2.25. The first kappa shape index (κ1) is 17.0. The second-order valence-corrected chi connectivity index (χ2v) is 6.97. The molecule has 21 heavy (non-hydrogen) atoms. The van der Waals surface area contributed by atoms with Crippen molar-refractivity contribution in [3.05, 3.63) is 12.2 Å². The minimum atomic E-state index is -0.373. The van der Waals surface area contributed by atoms with Gasteiger partial charge in [0.25, 0.3) is 0 Å². The van der Waals surface area contributed by atoms with Gasteiger partial charge < -0.3 is 15.2 Å². The normalized spacial score (nSPS) is 29.2. The molecule has 1 saturated carbocycles. The van der Waals surface area contributed by atoms with Crippen LogP contribution >= 0.6 is 0 Å². The van der Waals surface area contributed by atoms with E-state index in [1.165, 1.54) is 44.9 Å². The lowest BCUT2D eigenvalue weighted by Crippen LogP contribution is -2.37. The van der Waals surface area contributed by atoms with E-state index < -0.39 is 0 Å². The monoisotopic (exact) mass is 295 g/mol. The van der Waals surface area contributed by atoms with Crippen LogP contribution in [0, 0.1) is 11.8 Å². The van der Waals surface area contributed by atoms with Crippen LogP contribution in [-0.4, -0.2) is 37.0 Å². The van der Waals surface area contributed by atoms with E-state index in [0.29, 0.717) is 31.0 Å². The van der Waals surface area contributed by atoms with Crippen LogP contribution < -0.4 is 5.32 Å². The average molecular weight is 295 g/mol. The SMILES string of the molecule is CC1CC=CCC1COCC(O)CNC1CCCCCC1. The maximum atomic E-state index is 10.0. The summed E-state index contributed by atoms with van der Waals surface area (Å²) in [5.74, 6) is 1.33. The van der Waals surface area contributed by atoms with E-state index in [9.17, 15) is 5.11 Å². The maximum Gasteiger partial charge on any atom is 0.0897 e. The summed E-state index contributed by atoms with van der Waals surface area (Å²) in [6.45, 7) is 4.21. The summed E-state index contributed by atoms with van der Waals surface area (Å²) in [6, 6.07) is 0.602. The molecule has 2 N–H and O–H groups in total. The number of hydrogen-bond acceptors (Lipinski definition) is 3. The third-order valence-electron chi connectivity index (χ3n) is 5.06. The first-order valence-corrected chi connectivity index (χ1v) is 8.90. The fourth-order valence-corrected chi connectivity index (χ4v) is 3.44. The number of aliphatic hydroxyl groups is 1. The van der Waals surface area contributed by atoms with Gasteiger partial charge in [0, 0.05) is 12.6 Å². The Morgan fingerprint density at radius 1 is 1.14 bits per heavy atom. The van der Waals surface area contributed by atoms with Crippen LogP contribution in [0.15, 0.2) is 12.2 Å². The molecule has 2 aliphatic rings. The van der Waals surface area contributed by atoms with E-state index in [2.05, 4.69) is 24.4 Å². The standard InChI is InChI=1S/C18H33NO2/c1-15-8-6-7-9-16(15)13-21-14-18(20)12-19-17-10-4-2-3-5-11-17/h6-7,15-20H,2-5,8-14H2,1H3. The fraction of sp³-hybridized carbons (Fsp3) is 0.889. The van der Waals surface area contributed by atoms with Gasteiger partial charge in [-0.25, -0.2) is 0 Å². The molecule has 2 aliphatic carbocycles. The van der Waals surface area contributed by atoms with Crippen molar-refractivity contribution >= 4 is 0 Å². The fourth-order valence-electron chi connectivity index (χ4n) is 3.44. The molecule has 0 aliphatic heterocycles. The van der Waals surface area contributed by atoms with Crippen molar-refractivity contribution in [1.82, 2.24) is 5.32 Å². The number of nitrogens with one attached hydrogen (secondary N) is 1. The molecule has 1 fully saturated rings. The predicted molar refractivity (Wildman–Crippen MR) is 87.3 cm³/mol. The smallest absolute Gasteiger partial charge is 0.0897 e. The number of allylic oxidation sites excluding steroid dienone is 2. The highest BCUT2D eigenvalue weighted by Crippen LogP contribution is 2.25. The largest absolute Gasteiger partial charge is 0.389 e. The van der Waals surface area contributed by atoms with E-state index in [1.54, 1.807) is 0 Å². The van der Waals surface area contributed by atoms with Gasteiger partial charge in [0.15, 0.2) is 0 Å². The molecule has 0 saturated heterocycles. The van der Waals surface area contributed by atoms with Gasteiger partial charge in [-0.1, -0.05) is 44.8 Å². The maximum absolute atomic E-state index is 10.0. The lowest BCUT2D eigenvalue weighted by molar-refractivity contribution is 0.0117. The first-order valence-electron chi connectivity index (χ1n) is 8.90. The molecule has 0 bridgehead atoms. The Bertz CT molecular complexity index is 298.